The molecule has 0 N–H and O–H groups in total. The number of hydrogen-bond donors (Lipinski definition) is 0. The quantitative estimate of drug-likeness (QED) is 0.352. The molecule has 2 aromatic carbocycles. The summed E-state index contributed by atoms with van der Waals surface area (Å²) >= 11 is 1.07. The van der Waals surface area contributed by atoms with Crippen molar-refractivity contribution in [2.45, 2.75) is 40.2 Å². The zero-order valence-electron chi connectivity index (χ0n) is 19.9. The van der Waals surface area contributed by atoms with Crippen LogP contribution in [0.2, 0.25) is 0 Å². The van der Waals surface area contributed by atoms with Gasteiger partial charge in [-0.25, -0.2) is 9.78 Å². The van der Waals surface area contributed by atoms with Crippen LogP contribution in [0.5, 0.6) is 0 Å². The van der Waals surface area contributed by atoms with Crippen molar-refractivity contribution < 1.29 is 18.7 Å². The van der Waals surface area contributed by atoms with E-state index >= 15 is 0 Å². The van der Waals surface area contributed by atoms with Crippen LogP contribution in [0.25, 0.3) is 11.0 Å². The van der Waals surface area contributed by atoms with Crippen LogP contribution in [0, 0.1) is 13.8 Å². The summed E-state index contributed by atoms with van der Waals surface area (Å²) in [6, 6.07) is 12.4. The maximum Gasteiger partial charge on any atom is 0.350 e. The van der Waals surface area contributed by atoms with Crippen molar-refractivity contribution in [3.63, 3.8) is 0 Å². The fourth-order valence-corrected chi connectivity index (χ4v) is 5.39. The van der Waals surface area contributed by atoms with Gasteiger partial charge in [-0.2, -0.15) is 0 Å². The Morgan fingerprint density at radius 1 is 1.11 bits per heavy atom. The average molecular weight is 489 g/mol. The first kappa shape index (κ1) is 23.0. The van der Waals surface area contributed by atoms with Crippen molar-refractivity contribution in [3.8, 4) is 0 Å². The SMILES string of the molecule is CCOC(=O)c1sc(N2C(=O)c3oc4ccc(C)cc4c(=O)c3C2c2ccc(CC)cc2)nc1C. The number of thiazole rings is 1. The van der Waals surface area contributed by atoms with Gasteiger partial charge in [-0.05, 0) is 50.5 Å². The molecule has 3 heterocycles. The molecule has 1 amide bonds. The van der Waals surface area contributed by atoms with E-state index in [1.165, 1.54) is 4.90 Å². The van der Waals surface area contributed by atoms with Gasteiger partial charge in [-0.3, -0.25) is 14.5 Å². The molecule has 0 aliphatic carbocycles. The van der Waals surface area contributed by atoms with E-state index in [-0.39, 0.29) is 23.4 Å². The number of ether oxygens (including phenoxy) is 1. The molecule has 2 aromatic heterocycles. The van der Waals surface area contributed by atoms with Crippen LogP contribution in [-0.2, 0) is 11.2 Å². The van der Waals surface area contributed by atoms with E-state index in [1.54, 1.807) is 26.0 Å². The van der Waals surface area contributed by atoms with Gasteiger partial charge in [0.25, 0.3) is 5.91 Å². The summed E-state index contributed by atoms with van der Waals surface area (Å²) in [5.74, 6) is -0.952. The summed E-state index contributed by atoms with van der Waals surface area (Å²) in [6.45, 7) is 7.63. The molecule has 7 nitrogen and oxygen atoms in total. The highest BCUT2D eigenvalue weighted by Crippen LogP contribution is 2.43. The minimum atomic E-state index is -0.731. The Balaban J connectivity index is 1.74. The molecule has 0 radical (unpaired) electrons. The lowest BCUT2D eigenvalue weighted by atomic mass is 9.97. The molecule has 1 aliphatic rings. The lowest BCUT2D eigenvalue weighted by molar-refractivity contribution is 0.0531. The number of carbonyl (C=O) groups is 2. The van der Waals surface area contributed by atoms with Crippen molar-refractivity contribution in [1.82, 2.24) is 4.98 Å². The van der Waals surface area contributed by atoms with Gasteiger partial charge in [0.1, 0.15) is 10.5 Å². The van der Waals surface area contributed by atoms with Gasteiger partial charge in [-0.15, -0.1) is 0 Å². The predicted molar refractivity (Wildman–Crippen MR) is 135 cm³/mol. The third-order valence-corrected chi connectivity index (χ3v) is 7.32. The number of aryl methyl sites for hydroxylation is 3. The van der Waals surface area contributed by atoms with Crippen LogP contribution in [0.1, 0.15) is 68.1 Å². The molecular weight excluding hydrogens is 464 g/mol. The molecule has 4 aromatic rings. The molecule has 1 atom stereocenters. The van der Waals surface area contributed by atoms with E-state index in [1.807, 2.05) is 37.3 Å². The van der Waals surface area contributed by atoms with Crippen LogP contribution in [0.4, 0.5) is 5.13 Å². The number of carbonyl (C=O) groups excluding carboxylic acids is 2. The van der Waals surface area contributed by atoms with Crippen molar-refractivity contribution in [1.29, 1.82) is 0 Å². The molecule has 0 bridgehead atoms. The highest BCUT2D eigenvalue weighted by molar-refractivity contribution is 7.17. The second-order valence-electron chi connectivity index (χ2n) is 8.48. The Hall–Kier alpha value is -3.78. The van der Waals surface area contributed by atoms with Gasteiger partial charge in [0.15, 0.2) is 10.6 Å². The summed E-state index contributed by atoms with van der Waals surface area (Å²) < 4.78 is 11.2. The van der Waals surface area contributed by atoms with E-state index in [0.29, 0.717) is 26.7 Å². The first-order valence-corrected chi connectivity index (χ1v) is 12.3. The zero-order chi connectivity index (χ0) is 24.9. The molecule has 0 saturated heterocycles. The van der Waals surface area contributed by atoms with Crippen molar-refractivity contribution >= 4 is 39.3 Å². The van der Waals surface area contributed by atoms with Gasteiger partial charge in [0.2, 0.25) is 5.76 Å². The number of benzene rings is 2. The summed E-state index contributed by atoms with van der Waals surface area (Å²) in [7, 11) is 0. The Labute approximate surface area is 206 Å². The van der Waals surface area contributed by atoms with Crippen LogP contribution >= 0.6 is 11.3 Å². The molecule has 0 spiro atoms. The minimum Gasteiger partial charge on any atom is -0.462 e. The van der Waals surface area contributed by atoms with Crippen LogP contribution in [0.15, 0.2) is 51.7 Å². The molecule has 1 unspecified atom stereocenters. The maximum atomic E-state index is 13.7. The van der Waals surface area contributed by atoms with Crippen molar-refractivity contribution in [3.05, 3.63) is 91.3 Å². The van der Waals surface area contributed by atoms with E-state index in [9.17, 15) is 14.4 Å². The number of rotatable bonds is 5. The van der Waals surface area contributed by atoms with Gasteiger partial charge in [0, 0.05) is 0 Å². The fraction of sp³-hybridized carbons (Fsp3) is 0.259. The van der Waals surface area contributed by atoms with Gasteiger partial charge >= 0.3 is 5.97 Å². The number of nitrogens with zero attached hydrogens (tertiary/aromatic N) is 2. The maximum absolute atomic E-state index is 13.7. The van der Waals surface area contributed by atoms with Crippen molar-refractivity contribution in [2.24, 2.45) is 0 Å². The second-order valence-corrected chi connectivity index (χ2v) is 9.46. The van der Waals surface area contributed by atoms with E-state index < -0.39 is 17.9 Å². The number of anilines is 1. The van der Waals surface area contributed by atoms with Crippen LogP contribution < -0.4 is 10.3 Å². The largest absolute Gasteiger partial charge is 0.462 e. The molecule has 178 valence electrons. The number of fused-ring (bicyclic) bond motifs is 2. The molecule has 5 rings (SSSR count). The predicted octanol–water partition coefficient (Wildman–Crippen LogP) is 5.36. The molecule has 0 fully saturated rings. The standard InChI is InChI=1S/C27H24N2O5S/c1-5-16-8-10-17(11-9-16)21-20-22(30)18-13-14(3)7-12-19(18)34-23(20)25(31)29(21)27-28-15(4)24(35-27)26(32)33-6-2/h7-13,21H,5-6H2,1-4H3. The fourth-order valence-electron chi connectivity index (χ4n) is 4.41. The number of esters is 1. The first-order valence-electron chi connectivity index (χ1n) is 11.5. The summed E-state index contributed by atoms with van der Waals surface area (Å²) in [5, 5.41) is 0.738. The number of aromatic nitrogens is 1. The van der Waals surface area contributed by atoms with Crippen LogP contribution in [-0.4, -0.2) is 23.5 Å². The zero-order valence-corrected chi connectivity index (χ0v) is 20.7. The molecule has 35 heavy (non-hydrogen) atoms. The molecular formula is C27H24N2O5S. The number of hydrogen-bond acceptors (Lipinski definition) is 7. The van der Waals surface area contributed by atoms with E-state index in [0.717, 1.165) is 34.4 Å². The summed E-state index contributed by atoms with van der Waals surface area (Å²) in [5.41, 5.74) is 3.68. The van der Waals surface area contributed by atoms with Gasteiger partial charge in [0.05, 0.1) is 29.3 Å². The normalized spacial score (nSPS) is 15.0. The van der Waals surface area contributed by atoms with Gasteiger partial charge in [-0.1, -0.05) is 54.2 Å². The van der Waals surface area contributed by atoms with E-state index in [2.05, 4.69) is 11.9 Å². The molecule has 8 heteroatoms. The smallest absolute Gasteiger partial charge is 0.350 e. The second kappa shape index (κ2) is 8.78. The summed E-state index contributed by atoms with van der Waals surface area (Å²) in [4.78, 5) is 46.2. The topological polar surface area (TPSA) is 89.7 Å². The third kappa shape index (κ3) is 3.74. The number of amides is 1. The van der Waals surface area contributed by atoms with Crippen LogP contribution in [0.3, 0.4) is 0 Å². The molecule has 1 aliphatic heterocycles. The lowest BCUT2D eigenvalue weighted by Gasteiger charge is -2.22. The Bertz CT molecular complexity index is 1530. The highest BCUT2D eigenvalue weighted by atomic mass is 32.1. The average Bonchev–Trinajstić information content (AvgIpc) is 3.37. The Kier molecular flexibility index (Phi) is 5.76. The summed E-state index contributed by atoms with van der Waals surface area (Å²) in [6.07, 6.45) is 0.866. The first-order chi connectivity index (χ1) is 16.8. The van der Waals surface area contributed by atoms with E-state index in [4.69, 9.17) is 9.15 Å². The monoisotopic (exact) mass is 488 g/mol. The van der Waals surface area contributed by atoms with Crippen molar-refractivity contribution in [2.75, 3.05) is 11.5 Å². The Morgan fingerprint density at radius 2 is 1.86 bits per heavy atom. The third-order valence-electron chi connectivity index (χ3n) is 6.18. The highest BCUT2D eigenvalue weighted by Gasteiger charge is 2.45. The lowest BCUT2D eigenvalue weighted by Crippen LogP contribution is -2.29. The molecule has 0 saturated carbocycles. The minimum absolute atomic E-state index is 0.00135. The van der Waals surface area contributed by atoms with Gasteiger partial charge < -0.3 is 9.15 Å². The Morgan fingerprint density at radius 3 is 2.54 bits per heavy atom.